The zero-order valence-electron chi connectivity index (χ0n) is 13.9. The van der Waals surface area contributed by atoms with Gasteiger partial charge < -0.3 is 5.11 Å². The van der Waals surface area contributed by atoms with E-state index in [4.69, 9.17) is 0 Å². The number of aryl methyl sites for hydroxylation is 1. The number of carbonyl (C=O) groups is 1. The number of piperazine rings is 1. The number of carboxylic acid groups (broad SMARTS) is 1. The van der Waals surface area contributed by atoms with Gasteiger partial charge in [-0.05, 0) is 30.2 Å². The van der Waals surface area contributed by atoms with E-state index in [0.29, 0.717) is 0 Å². The minimum atomic E-state index is -0.775. The molecule has 5 heteroatoms. The molecular weight excluding hydrogens is 302 g/mol. The summed E-state index contributed by atoms with van der Waals surface area (Å²) in [4.78, 5) is 20.3. The first-order valence-electron chi connectivity index (χ1n) is 8.28. The van der Waals surface area contributed by atoms with Crippen LogP contribution in [0, 0.1) is 6.92 Å². The van der Waals surface area contributed by atoms with Gasteiger partial charge in [0, 0.05) is 45.1 Å². The third-order valence-electron chi connectivity index (χ3n) is 4.52. The smallest absolute Gasteiger partial charge is 0.325 e. The van der Waals surface area contributed by atoms with E-state index in [0.717, 1.165) is 43.9 Å². The molecule has 24 heavy (non-hydrogen) atoms. The Morgan fingerprint density at radius 1 is 1.17 bits per heavy atom. The molecule has 2 heterocycles. The van der Waals surface area contributed by atoms with E-state index >= 15 is 0 Å². The van der Waals surface area contributed by atoms with Crippen molar-refractivity contribution in [2.75, 3.05) is 26.2 Å². The van der Waals surface area contributed by atoms with E-state index in [1.54, 1.807) is 0 Å². The number of aromatic nitrogens is 1. The Hall–Kier alpha value is -2.24. The van der Waals surface area contributed by atoms with Crippen molar-refractivity contribution in [2.45, 2.75) is 19.5 Å². The second-order valence-electron chi connectivity index (χ2n) is 6.32. The molecule has 1 atom stereocenters. The van der Waals surface area contributed by atoms with Crippen LogP contribution in [-0.2, 0) is 11.3 Å². The van der Waals surface area contributed by atoms with Gasteiger partial charge in [-0.25, -0.2) is 0 Å². The average molecular weight is 325 g/mol. The average Bonchev–Trinajstić information content (AvgIpc) is 2.57. The fourth-order valence-electron chi connectivity index (χ4n) is 3.28. The Kier molecular flexibility index (Phi) is 5.23. The molecule has 1 unspecified atom stereocenters. The van der Waals surface area contributed by atoms with Crippen molar-refractivity contribution >= 4 is 5.97 Å². The van der Waals surface area contributed by atoms with Crippen molar-refractivity contribution in [3.8, 4) is 0 Å². The zero-order chi connectivity index (χ0) is 16.9. The monoisotopic (exact) mass is 325 g/mol. The summed E-state index contributed by atoms with van der Waals surface area (Å²) in [5, 5.41) is 9.71. The van der Waals surface area contributed by atoms with E-state index in [1.165, 1.54) is 5.56 Å². The highest BCUT2D eigenvalue weighted by molar-refractivity contribution is 5.75. The van der Waals surface area contributed by atoms with Gasteiger partial charge >= 0.3 is 5.97 Å². The fraction of sp³-hybridized carbons (Fsp3) is 0.368. The van der Waals surface area contributed by atoms with Crippen LogP contribution in [0.3, 0.4) is 0 Å². The lowest BCUT2D eigenvalue weighted by Gasteiger charge is -2.37. The van der Waals surface area contributed by atoms with Crippen LogP contribution in [0.25, 0.3) is 0 Å². The second kappa shape index (κ2) is 7.55. The Labute approximate surface area is 142 Å². The highest BCUT2D eigenvalue weighted by Crippen LogP contribution is 2.24. The van der Waals surface area contributed by atoms with Crippen LogP contribution in [-0.4, -0.2) is 52.0 Å². The minimum Gasteiger partial charge on any atom is -0.480 e. The van der Waals surface area contributed by atoms with Gasteiger partial charge in [0.15, 0.2) is 0 Å². The number of benzene rings is 1. The lowest BCUT2D eigenvalue weighted by Crippen LogP contribution is -2.48. The SMILES string of the molecule is Cc1cccc(C(C(=O)O)N2CCN(Cc3ccncc3)CC2)c1. The van der Waals surface area contributed by atoms with Crippen LogP contribution in [0.2, 0.25) is 0 Å². The summed E-state index contributed by atoms with van der Waals surface area (Å²) in [5.74, 6) is -0.775. The van der Waals surface area contributed by atoms with Crippen LogP contribution in [0.4, 0.5) is 0 Å². The molecule has 3 rings (SSSR count). The summed E-state index contributed by atoms with van der Waals surface area (Å²) < 4.78 is 0. The molecule has 0 saturated carbocycles. The number of carboxylic acids is 1. The molecule has 0 aliphatic carbocycles. The molecule has 1 saturated heterocycles. The van der Waals surface area contributed by atoms with Gasteiger partial charge in [0.25, 0.3) is 0 Å². The number of rotatable bonds is 5. The normalized spacial score (nSPS) is 17.5. The number of nitrogens with zero attached hydrogens (tertiary/aromatic N) is 3. The maximum Gasteiger partial charge on any atom is 0.325 e. The van der Waals surface area contributed by atoms with Gasteiger partial charge in [-0.2, -0.15) is 0 Å². The predicted molar refractivity (Wildman–Crippen MR) is 92.6 cm³/mol. The Morgan fingerprint density at radius 2 is 1.88 bits per heavy atom. The second-order valence-corrected chi connectivity index (χ2v) is 6.32. The molecule has 1 aromatic carbocycles. The van der Waals surface area contributed by atoms with E-state index in [1.807, 2.05) is 55.7 Å². The quantitative estimate of drug-likeness (QED) is 0.914. The minimum absolute atomic E-state index is 0.562. The van der Waals surface area contributed by atoms with Crippen molar-refractivity contribution in [3.63, 3.8) is 0 Å². The van der Waals surface area contributed by atoms with E-state index in [2.05, 4.69) is 14.8 Å². The molecule has 2 aromatic rings. The zero-order valence-corrected chi connectivity index (χ0v) is 13.9. The number of hydrogen-bond acceptors (Lipinski definition) is 4. The molecule has 5 nitrogen and oxygen atoms in total. The van der Waals surface area contributed by atoms with Crippen LogP contribution in [0.15, 0.2) is 48.8 Å². The fourth-order valence-corrected chi connectivity index (χ4v) is 3.28. The Balaban J connectivity index is 1.64. The maximum absolute atomic E-state index is 11.8. The van der Waals surface area contributed by atoms with Crippen molar-refractivity contribution in [3.05, 3.63) is 65.5 Å². The first-order chi connectivity index (χ1) is 11.6. The molecule has 1 N–H and O–H groups in total. The standard InChI is InChI=1S/C19H23N3O2/c1-15-3-2-4-17(13-15)18(19(23)24)22-11-9-21(10-12-22)14-16-5-7-20-8-6-16/h2-8,13,18H,9-12,14H2,1H3,(H,23,24). The van der Waals surface area contributed by atoms with Gasteiger partial charge in [-0.15, -0.1) is 0 Å². The van der Waals surface area contributed by atoms with Crippen LogP contribution in [0.5, 0.6) is 0 Å². The van der Waals surface area contributed by atoms with Gasteiger partial charge in [-0.1, -0.05) is 29.8 Å². The summed E-state index contributed by atoms with van der Waals surface area (Å²) in [7, 11) is 0. The lowest BCUT2D eigenvalue weighted by molar-refractivity contribution is -0.144. The van der Waals surface area contributed by atoms with Crippen LogP contribution < -0.4 is 0 Å². The van der Waals surface area contributed by atoms with Gasteiger partial charge in [0.2, 0.25) is 0 Å². The molecule has 0 spiro atoms. The van der Waals surface area contributed by atoms with Crippen molar-refractivity contribution in [1.29, 1.82) is 0 Å². The highest BCUT2D eigenvalue weighted by atomic mass is 16.4. The molecule has 126 valence electrons. The molecule has 1 fully saturated rings. The van der Waals surface area contributed by atoms with E-state index in [9.17, 15) is 9.90 Å². The number of aliphatic carboxylic acids is 1. The van der Waals surface area contributed by atoms with Gasteiger partial charge in [0.1, 0.15) is 6.04 Å². The Morgan fingerprint density at radius 3 is 2.50 bits per heavy atom. The third-order valence-corrected chi connectivity index (χ3v) is 4.52. The molecule has 1 aliphatic heterocycles. The third kappa shape index (κ3) is 3.99. The molecule has 0 amide bonds. The predicted octanol–water partition coefficient (Wildman–Crippen LogP) is 2.33. The number of pyridine rings is 1. The van der Waals surface area contributed by atoms with Gasteiger partial charge in [-0.3, -0.25) is 19.6 Å². The van der Waals surface area contributed by atoms with E-state index < -0.39 is 12.0 Å². The summed E-state index contributed by atoms with van der Waals surface area (Å²) in [6, 6.07) is 11.3. The summed E-state index contributed by atoms with van der Waals surface area (Å²) in [6.07, 6.45) is 3.62. The lowest BCUT2D eigenvalue weighted by atomic mass is 10.0. The topological polar surface area (TPSA) is 56.7 Å². The molecule has 1 aliphatic rings. The Bertz CT molecular complexity index is 682. The summed E-state index contributed by atoms with van der Waals surface area (Å²) >= 11 is 0. The molecular formula is C19H23N3O2. The number of hydrogen-bond donors (Lipinski definition) is 1. The first kappa shape index (κ1) is 16.6. The summed E-state index contributed by atoms with van der Waals surface area (Å²) in [6.45, 7) is 6.15. The van der Waals surface area contributed by atoms with Crippen molar-refractivity contribution in [2.24, 2.45) is 0 Å². The largest absolute Gasteiger partial charge is 0.480 e. The van der Waals surface area contributed by atoms with Crippen molar-refractivity contribution in [1.82, 2.24) is 14.8 Å². The molecule has 0 bridgehead atoms. The molecule has 0 radical (unpaired) electrons. The summed E-state index contributed by atoms with van der Waals surface area (Å²) in [5.41, 5.74) is 3.20. The van der Waals surface area contributed by atoms with Crippen molar-refractivity contribution < 1.29 is 9.90 Å². The first-order valence-corrected chi connectivity index (χ1v) is 8.28. The molecule has 1 aromatic heterocycles. The van der Waals surface area contributed by atoms with Gasteiger partial charge in [0.05, 0.1) is 0 Å². The van der Waals surface area contributed by atoms with E-state index in [-0.39, 0.29) is 0 Å². The maximum atomic E-state index is 11.8. The highest BCUT2D eigenvalue weighted by Gasteiger charge is 2.30. The van der Waals surface area contributed by atoms with Crippen LogP contribution >= 0.6 is 0 Å². The van der Waals surface area contributed by atoms with Crippen LogP contribution in [0.1, 0.15) is 22.7 Å².